The zero-order chi connectivity index (χ0) is 14.4. The van der Waals surface area contributed by atoms with E-state index < -0.39 is 0 Å². The lowest BCUT2D eigenvalue weighted by atomic mass is 10.1. The predicted octanol–water partition coefficient (Wildman–Crippen LogP) is 3.01. The highest BCUT2D eigenvalue weighted by molar-refractivity contribution is 6.16. The van der Waals surface area contributed by atoms with Gasteiger partial charge in [-0.15, -0.1) is 0 Å². The molecule has 0 saturated carbocycles. The fourth-order valence-electron chi connectivity index (χ4n) is 2.22. The first-order chi connectivity index (χ1) is 9.77. The van der Waals surface area contributed by atoms with Crippen molar-refractivity contribution in [1.82, 2.24) is 4.57 Å². The Balaban J connectivity index is 2.22. The highest BCUT2D eigenvalue weighted by Gasteiger charge is 2.12. The molecule has 3 heteroatoms. The molecule has 0 spiro atoms. The molecule has 2 aromatic rings. The lowest BCUT2D eigenvalue weighted by Gasteiger charge is -1.97. The molecular weight excluding hydrogens is 250 g/mol. The van der Waals surface area contributed by atoms with E-state index in [0.29, 0.717) is 12.0 Å². The smallest absolute Gasteiger partial charge is 0.238 e. The summed E-state index contributed by atoms with van der Waals surface area (Å²) in [4.78, 5) is 12.2. The maximum atomic E-state index is 12.2. The molecule has 2 rings (SSSR count). The number of ketones is 1. The van der Waals surface area contributed by atoms with Gasteiger partial charge in [-0.1, -0.05) is 24.1 Å². The third kappa shape index (κ3) is 3.09. The normalized spacial score (nSPS) is 10.3. The van der Waals surface area contributed by atoms with Gasteiger partial charge in [-0.2, -0.15) is 0 Å². The van der Waals surface area contributed by atoms with E-state index in [1.807, 2.05) is 30.5 Å². The molecule has 0 aliphatic rings. The minimum Gasteiger partial charge on any atom is -0.396 e. The van der Waals surface area contributed by atoms with Crippen molar-refractivity contribution in [2.75, 3.05) is 6.61 Å². The van der Waals surface area contributed by atoms with Gasteiger partial charge in [0.25, 0.3) is 0 Å². The van der Waals surface area contributed by atoms with Crippen molar-refractivity contribution in [3.05, 3.63) is 36.0 Å². The topological polar surface area (TPSA) is 42.2 Å². The Morgan fingerprint density at radius 3 is 2.85 bits per heavy atom. The Hall–Kier alpha value is -2.05. The molecule has 0 saturated heterocycles. The van der Waals surface area contributed by atoms with Gasteiger partial charge in [0.15, 0.2) is 0 Å². The summed E-state index contributed by atoms with van der Waals surface area (Å²) in [5.41, 5.74) is 1.75. The largest absolute Gasteiger partial charge is 0.396 e. The third-order valence-corrected chi connectivity index (χ3v) is 3.29. The molecule has 0 fully saturated rings. The predicted molar refractivity (Wildman–Crippen MR) is 80.7 cm³/mol. The van der Waals surface area contributed by atoms with Gasteiger partial charge >= 0.3 is 0 Å². The number of para-hydroxylation sites is 1. The summed E-state index contributed by atoms with van der Waals surface area (Å²) in [6.45, 7) is 3.07. The second-order valence-corrected chi connectivity index (χ2v) is 4.66. The standard InChI is InChI=1S/C17H19NO2/c1-2-18-13-15(14-9-6-7-10-16(14)18)17(20)11-5-3-4-8-12-19/h6-7,9-10,13,19H,2-4,8,12H2,1H3. The number of hydrogen-bond donors (Lipinski definition) is 1. The Morgan fingerprint density at radius 2 is 2.10 bits per heavy atom. The third-order valence-electron chi connectivity index (χ3n) is 3.29. The lowest BCUT2D eigenvalue weighted by molar-refractivity contribution is 0.105. The molecule has 1 heterocycles. The van der Waals surface area contributed by atoms with E-state index in [0.717, 1.165) is 30.3 Å². The van der Waals surface area contributed by atoms with Crippen LogP contribution < -0.4 is 0 Å². The van der Waals surface area contributed by atoms with Crippen LogP contribution in [0.3, 0.4) is 0 Å². The fraction of sp³-hybridized carbons (Fsp3) is 0.353. The molecule has 0 aliphatic carbocycles. The Bertz CT molecular complexity index is 658. The molecule has 1 aromatic heterocycles. The summed E-state index contributed by atoms with van der Waals surface area (Å²) in [6.07, 6.45) is 4.10. The number of Topliss-reactive ketones (excluding diaryl/α,β-unsaturated/α-hetero) is 1. The van der Waals surface area contributed by atoms with Crippen LogP contribution in [0.25, 0.3) is 10.9 Å². The van der Waals surface area contributed by atoms with Gasteiger partial charge in [-0.3, -0.25) is 4.79 Å². The number of nitrogens with zero attached hydrogens (tertiary/aromatic N) is 1. The second-order valence-electron chi connectivity index (χ2n) is 4.66. The average molecular weight is 269 g/mol. The number of carbonyl (C=O) groups is 1. The average Bonchev–Trinajstić information content (AvgIpc) is 2.86. The molecule has 1 aromatic carbocycles. The number of hydrogen-bond acceptors (Lipinski definition) is 2. The Kier molecular flexibility index (Phi) is 4.97. The summed E-state index contributed by atoms with van der Waals surface area (Å²) in [5.74, 6) is 5.47. The minimum atomic E-state index is -0.127. The number of aryl methyl sites for hydroxylation is 1. The zero-order valence-electron chi connectivity index (χ0n) is 11.7. The van der Waals surface area contributed by atoms with Crippen LogP contribution in [0.5, 0.6) is 0 Å². The van der Waals surface area contributed by atoms with Gasteiger partial charge in [0.2, 0.25) is 5.78 Å². The maximum Gasteiger partial charge on any atom is 0.238 e. The first-order valence-electron chi connectivity index (χ1n) is 7.00. The highest BCUT2D eigenvalue weighted by Crippen LogP contribution is 2.21. The SMILES string of the molecule is CCn1cc(C(=O)C#CCCCCO)c2ccccc21. The van der Waals surface area contributed by atoms with Crippen LogP contribution in [0.2, 0.25) is 0 Å². The highest BCUT2D eigenvalue weighted by atomic mass is 16.2. The van der Waals surface area contributed by atoms with Gasteiger partial charge in [-0.05, 0) is 31.8 Å². The van der Waals surface area contributed by atoms with Crippen LogP contribution in [0.4, 0.5) is 0 Å². The van der Waals surface area contributed by atoms with E-state index in [9.17, 15) is 4.79 Å². The van der Waals surface area contributed by atoms with E-state index >= 15 is 0 Å². The number of benzene rings is 1. The van der Waals surface area contributed by atoms with Gasteiger partial charge < -0.3 is 9.67 Å². The summed E-state index contributed by atoms with van der Waals surface area (Å²) < 4.78 is 2.07. The van der Waals surface area contributed by atoms with E-state index in [1.165, 1.54) is 0 Å². The first kappa shape index (κ1) is 14.4. The molecule has 104 valence electrons. The molecule has 0 amide bonds. The molecule has 1 N–H and O–H groups in total. The van der Waals surface area contributed by atoms with Crippen molar-refractivity contribution in [1.29, 1.82) is 0 Å². The number of carbonyl (C=O) groups excluding carboxylic acids is 1. The van der Waals surface area contributed by atoms with Crippen LogP contribution in [0, 0.1) is 11.8 Å². The molecule has 3 nitrogen and oxygen atoms in total. The minimum absolute atomic E-state index is 0.127. The molecule has 20 heavy (non-hydrogen) atoms. The lowest BCUT2D eigenvalue weighted by Crippen LogP contribution is -1.94. The van der Waals surface area contributed by atoms with E-state index in [2.05, 4.69) is 23.3 Å². The molecule has 0 atom stereocenters. The molecule has 0 bridgehead atoms. The number of aliphatic hydroxyl groups excluding tert-OH is 1. The number of fused-ring (bicyclic) bond motifs is 1. The number of aromatic nitrogens is 1. The number of unbranched alkanes of at least 4 members (excludes halogenated alkanes) is 2. The molecule has 0 radical (unpaired) electrons. The van der Waals surface area contributed by atoms with Crippen molar-refractivity contribution < 1.29 is 9.90 Å². The van der Waals surface area contributed by atoms with E-state index in [4.69, 9.17) is 5.11 Å². The van der Waals surface area contributed by atoms with Gasteiger partial charge in [0.1, 0.15) is 0 Å². The van der Waals surface area contributed by atoms with E-state index in [1.54, 1.807) is 0 Å². The Labute approximate surface area is 119 Å². The molecule has 0 aliphatic heterocycles. The van der Waals surface area contributed by atoms with Crippen LogP contribution in [0.1, 0.15) is 36.5 Å². The monoisotopic (exact) mass is 269 g/mol. The fourth-order valence-corrected chi connectivity index (χ4v) is 2.22. The van der Waals surface area contributed by atoms with Crippen LogP contribution in [-0.4, -0.2) is 22.1 Å². The summed E-state index contributed by atoms with van der Waals surface area (Å²) in [5, 5.41) is 9.65. The first-order valence-corrected chi connectivity index (χ1v) is 7.00. The molecule has 0 unspecified atom stereocenters. The van der Waals surface area contributed by atoms with Crippen molar-refractivity contribution in [2.24, 2.45) is 0 Å². The van der Waals surface area contributed by atoms with Crippen LogP contribution >= 0.6 is 0 Å². The summed E-state index contributed by atoms with van der Waals surface area (Å²) in [7, 11) is 0. The van der Waals surface area contributed by atoms with Crippen LogP contribution in [-0.2, 0) is 6.54 Å². The second kappa shape index (κ2) is 6.93. The maximum absolute atomic E-state index is 12.2. The van der Waals surface area contributed by atoms with Gasteiger partial charge in [0, 0.05) is 36.7 Å². The summed E-state index contributed by atoms with van der Waals surface area (Å²) in [6, 6.07) is 7.89. The van der Waals surface area contributed by atoms with Crippen LogP contribution in [0.15, 0.2) is 30.5 Å². The van der Waals surface area contributed by atoms with Crippen molar-refractivity contribution in [2.45, 2.75) is 32.7 Å². The number of rotatable bonds is 5. The van der Waals surface area contributed by atoms with Crippen molar-refractivity contribution in [3.63, 3.8) is 0 Å². The van der Waals surface area contributed by atoms with Gasteiger partial charge in [-0.25, -0.2) is 0 Å². The van der Waals surface area contributed by atoms with E-state index in [-0.39, 0.29) is 12.4 Å². The molecular formula is C17H19NO2. The Morgan fingerprint density at radius 1 is 1.30 bits per heavy atom. The van der Waals surface area contributed by atoms with Gasteiger partial charge in [0.05, 0.1) is 5.56 Å². The number of aliphatic hydroxyl groups is 1. The van der Waals surface area contributed by atoms with Crippen molar-refractivity contribution in [3.8, 4) is 11.8 Å². The van der Waals surface area contributed by atoms with Crippen molar-refractivity contribution >= 4 is 16.7 Å². The quantitative estimate of drug-likeness (QED) is 0.392. The zero-order valence-corrected chi connectivity index (χ0v) is 11.7. The summed E-state index contributed by atoms with van der Waals surface area (Å²) >= 11 is 0.